The number of pyridine rings is 1. The Morgan fingerprint density at radius 3 is 1.56 bits per heavy atom. The first-order valence-electron chi connectivity index (χ1n) is 2.43. The van der Waals surface area contributed by atoms with E-state index >= 15 is 0 Å². The molecular weight excluding hydrogens is 112 g/mol. The van der Waals surface area contributed by atoms with Gasteiger partial charge in [0.2, 0.25) is 0 Å². The van der Waals surface area contributed by atoms with Gasteiger partial charge in [0.1, 0.15) is 0 Å². The predicted octanol–water partition coefficient (Wildman–Crippen LogP) is 1.29. The van der Waals surface area contributed by atoms with Crippen LogP contribution in [0, 0.1) is 0 Å². The molecule has 9 heavy (non-hydrogen) atoms. The number of nitrogens with two attached hydrogens (primary N) is 1. The zero-order chi connectivity index (χ0) is 6.24. The van der Waals surface area contributed by atoms with E-state index in [1.54, 1.807) is 12.4 Å². The molecule has 0 atom stereocenters. The van der Waals surface area contributed by atoms with Gasteiger partial charge in [-0.15, -0.1) is 0 Å². The molecule has 2 N–H and O–H groups in total. The molecule has 52 valence electrons. The molecule has 0 spiro atoms. The molecule has 0 radical (unpaired) electrons. The second-order valence-corrected chi connectivity index (χ2v) is 1.02. The third-order valence-electron chi connectivity index (χ3n) is 0.566. The molecule has 0 aliphatic heterocycles. The third kappa shape index (κ3) is 7.11. The van der Waals surface area contributed by atoms with Crippen LogP contribution in [-0.4, -0.2) is 12.0 Å². The van der Waals surface area contributed by atoms with Crippen molar-refractivity contribution in [2.75, 3.05) is 7.05 Å². The van der Waals surface area contributed by atoms with Crippen molar-refractivity contribution in [3.05, 3.63) is 30.6 Å². The van der Waals surface area contributed by atoms with Gasteiger partial charge in [0.25, 0.3) is 0 Å². The number of aromatic nitrogens is 1. The van der Waals surface area contributed by atoms with E-state index in [2.05, 4.69) is 10.7 Å². The molecule has 0 amide bonds. The van der Waals surface area contributed by atoms with Crippen LogP contribution in [0.4, 0.5) is 0 Å². The molecular formula is C7H14N2. The molecule has 2 nitrogen and oxygen atoms in total. The van der Waals surface area contributed by atoms with Gasteiger partial charge in [0.15, 0.2) is 0 Å². The lowest BCUT2D eigenvalue weighted by Crippen LogP contribution is -1.69. The summed E-state index contributed by atoms with van der Waals surface area (Å²) >= 11 is 0. The largest absolute Gasteiger partial charge is 0.333 e. The van der Waals surface area contributed by atoms with Crippen LogP contribution in [0.15, 0.2) is 30.6 Å². The second kappa shape index (κ2) is 10.2. The molecule has 0 fully saturated rings. The normalized spacial score (nSPS) is 6.00. The maximum Gasteiger partial charge on any atom is 0.0267 e. The fourth-order valence-electron chi connectivity index (χ4n) is 0.313. The number of rotatable bonds is 0. The van der Waals surface area contributed by atoms with Gasteiger partial charge in [0, 0.05) is 12.4 Å². The summed E-state index contributed by atoms with van der Waals surface area (Å²) in [5.41, 5.74) is 4.50. The monoisotopic (exact) mass is 126 g/mol. The molecule has 0 unspecified atom stereocenters. The summed E-state index contributed by atoms with van der Waals surface area (Å²) < 4.78 is 0. The SMILES string of the molecule is C.CN.c1ccncc1. The standard InChI is InChI=1S/C5H5N.CH5N.CH4/c1-2-4-6-5-3-1;1-2;/h1-5H;2H2,1H3;1H4. The maximum atomic E-state index is 4.50. The molecule has 0 aliphatic rings. The Hall–Kier alpha value is -0.890. The fourth-order valence-corrected chi connectivity index (χ4v) is 0.313. The van der Waals surface area contributed by atoms with Crippen LogP contribution in [0.5, 0.6) is 0 Å². The first kappa shape index (κ1) is 11.0. The Labute approximate surface area is 56.7 Å². The maximum absolute atomic E-state index is 4.50. The zero-order valence-corrected chi connectivity index (χ0v) is 4.91. The van der Waals surface area contributed by atoms with Crippen LogP contribution < -0.4 is 5.73 Å². The van der Waals surface area contributed by atoms with Crippen LogP contribution in [0.25, 0.3) is 0 Å². The molecule has 1 aromatic heterocycles. The van der Waals surface area contributed by atoms with Crippen LogP contribution in [0.1, 0.15) is 7.43 Å². The Morgan fingerprint density at radius 1 is 1.00 bits per heavy atom. The molecule has 0 aromatic carbocycles. The minimum Gasteiger partial charge on any atom is -0.333 e. The average molecular weight is 126 g/mol. The third-order valence-corrected chi connectivity index (χ3v) is 0.566. The lowest BCUT2D eigenvalue weighted by Gasteiger charge is -1.70. The highest BCUT2D eigenvalue weighted by Gasteiger charge is 1.58. The van der Waals surface area contributed by atoms with Crippen LogP contribution >= 0.6 is 0 Å². The first-order chi connectivity index (χ1) is 4.00. The predicted molar refractivity (Wildman–Crippen MR) is 41.1 cm³/mol. The van der Waals surface area contributed by atoms with Gasteiger partial charge in [0.05, 0.1) is 0 Å². The number of nitrogens with zero attached hydrogens (tertiary/aromatic N) is 1. The minimum absolute atomic E-state index is 0. The van der Waals surface area contributed by atoms with Crippen molar-refractivity contribution in [3.63, 3.8) is 0 Å². The van der Waals surface area contributed by atoms with Crippen molar-refractivity contribution in [2.45, 2.75) is 7.43 Å². The Balaban J connectivity index is 0. The van der Waals surface area contributed by atoms with E-state index < -0.39 is 0 Å². The summed E-state index contributed by atoms with van der Waals surface area (Å²) in [5, 5.41) is 0. The van der Waals surface area contributed by atoms with E-state index in [9.17, 15) is 0 Å². The molecule has 0 aliphatic carbocycles. The summed E-state index contributed by atoms with van der Waals surface area (Å²) in [6.45, 7) is 0. The van der Waals surface area contributed by atoms with Gasteiger partial charge in [-0.2, -0.15) is 0 Å². The van der Waals surface area contributed by atoms with E-state index in [0.717, 1.165) is 0 Å². The van der Waals surface area contributed by atoms with E-state index in [4.69, 9.17) is 0 Å². The van der Waals surface area contributed by atoms with Gasteiger partial charge in [-0.25, -0.2) is 0 Å². The van der Waals surface area contributed by atoms with Crippen molar-refractivity contribution in [1.29, 1.82) is 0 Å². The Bertz CT molecular complexity index is 78.8. The summed E-state index contributed by atoms with van der Waals surface area (Å²) in [6, 6.07) is 5.72. The minimum atomic E-state index is 0. The van der Waals surface area contributed by atoms with Crippen molar-refractivity contribution < 1.29 is 0 Å². The van der Waals surface area contributed by atoms with Crippen LogP contribution in [0.3, 0.4) is 0 Å². The molecule has 0 saturated heterocycles. The number of hydrogen-bond acceptors (Lipinski definition) is 2. The first-order valence-corrected chi connectivity index (χ1v) is 2.43. The van der Waals surface area contributed by atoms with Crippen LogP contribution in [-0.2, 0) is 0 Å². The van der Waals surface area contributed by atoms with E-state index in [-0.39, 0.29) is 7.43 Å². The van der Waals surface area contributed by atoms with Gasteiger partial charge in [-0.1, -0.05) is 13.5 Å². The molecule has 0 bridgehead atoms. The van der Waals surface area contributed by atoms with E-state index in [1.807, 2.05) is 18.2 Å². The molecule has 2 heteroatoms. The highest BCUT2D eigenvalue weighted by molar-refractivity contribution is 4.88. The quantitative estimate of drug-likeness (QED) is 0.569. The molecule has 0 saturated carbocycles. The smallest absolute Gasteiger partial charge is 0.0267 e. The zero-order valence-electron chi connectivity index (χ0n) is 4.91. The van der Waals surface area contributed by atoms with Crippen molar-refractivity contribution >= 4 is 0 Å². The van der Waals surface area contributed by atoms with Crippen molar-refractivity contribution in [2.24, 2.45) is 5.73 Å². The molecule has 1 rings (SSSR count). The highest BCUT2D eigenvalue weighted by Crippen LogP contribution is 1.73. The second-order valence-electron chi connectivity index (χ2n) is 1.02. The van der Waals surface area contributed by atoms with E-state index in [0.29, 0.717) is 0 Å². The van der Waals surface area contributed by atoms with Gasteiger partial charge in [-0.05, 0) is 19.2 Å². The Kier molecular flexibility index (Phi) is 12.4. The topological polar surface area (TPSA) is 38.9 Å². The van der Waals surface area contributed by atoms with Gasteiger partial charge < -0.3 is 5.73 Å². The van der Waals surface area contributed by atoms with Gasteiger partial charge in [-0.3, -0.25) is 4.98 Å². The average Bonchev–Trinajstić information content (AvgIpc) is 1.96. The lowest BCUT2D eigenvalue weighted by atomic mass is 10.5. The van der Waals surface area contributed by atoms with Crippen molar-refractivity contribution in [1.82, 2.24) is 4.98 Å². The van der Waals surface area contributed by atoms with E-state index in [1.165, 1.54) is 7.05 Å². The highest BCUT2D eigenvalue weighted by atomic mass is 14.6. The van der Waals surface area contributed by atoms with Gasteiger partial charge >= 0.3 is 0 Å². The molecule has 1 aromatic rings. The van der Waals surface area contributed by atoms with Crippen LogP contribution in [0.2, 0.25) is 0 Å². The fraction of sp³-hybridized carbons (Fsp3) is 0.286. The number of hydrogen-bond donors (Lipinski definition) is 1. The lowest BCUT2D eigenvalue weighted by molar-refractivity contribution is 1.33. The molecule has 1 heterocycles. The summed E-state index contributed by atoms with van der Waals surface area (Å²) in [4.78, 5) is 3.78. The summed E-state index contributed by atoms with van der Waals surface area (Å²) in [7, 11) is 1.50. The van der Waals surface area contributed by atoms with Crippen molar-refractivity contribution in [3.8, 4) is 0 Å². The Morgan fingerprint density at radius 2 is 1.44 bits per heavy atom. The summed E-state index contributed by atoms with van der Waals surface area (Å²) in [5.74, 6) is 0. The summed E-state index contributed by atoms with van der Waals surface area (Å²) in [6.07, 6.45) is 3.50.